The van der Waals surface area contributed by atoms with Crippen molar-refractivity contribution in [3.63, 3.8) is 0 Å². The molecule has 0 saturated heterocycles. The van der Waals surface area contributed by atoms with Gasteiger partial charge in [0.2, 0.25) is 5.89 Å². The van der Waals surface area contributed by atoms with Crippen molar-refractivity contribution in [1.29, 1.82) is 0 Å². The van der Waals surface area contributed by atoms with E-state index in [9.17, 15) is 18.0 Å². The van der Waals surface area contributed by atoms with Gasteiger partial charge in [0.05, 0.1) is 11.6 Å². The third-order valence-electron chi connectivity index (χ3n) is 3.89. The molecule has 2 aromatic carbocycles. The monoisotopic (exact) mass is 442 g/mol. The Kier molecular flexibility index (Phi) is 5.14. The van der Waals surface area contributed by atoms with Gasteiger partial charge in [-0.15, -0.1) is 0 Å². The van der Waals surface area contributed by atoms with E-state index in [0.717, 1.165) is 0 Å². The summed E-state index contributed by atoms with van der Waals surface area (Å²) in [6.07, 6.45) is -4.95. The summed E-state index contributed by atoms with van der Waals surface area (Å²) in [5, 5.41) is 0. The van der Waals surface area contributed by atoms with Gasteiger partial charge < -0.3 is 14.1 Å². The van der Waals surface area contributed by atoms with Crippen molar-refractivity contribution in [2.75, 3.05) is 18.6 Å². The van der Waals surface area contributed by atoms with Gasteiger partial charge in [-0.2, -0.15) is 13.2 Å². The first-order valence-electron chi connectivity index (χ1n) is 7.87. The third kappa shape index (κ3) is 3.78. The lowest BCUT2D eigenvalue weighted by atomic mass is 10.2. The Hall–Kier alpha value is -2.55. The van der Waals surface area contributed by atoms with Crippen LogP contribution in [-0.2, 0) is 4.79 Å². The zero-order valence-electron chi connectivity index (χ0n) is 14.3. The van der Waals surface area contributed by atoms with Crippen LogP contribution >= 0.6 is 15.9 Å². The molecule has 1 amide bonds. The first-order chi connectivity index (χ1) is 12.7. The molecule has 3 aromatic rings. The first kappa shape index (κ1) is 19.2. The van der Waals surface area contributed by atoms with Crippen LogP contribution in [0.1, 0.15) is 6.92 Å². The number of nitrogens with zero attached hydrogens (tertiary/aromatic N) is 2. The Morgan fingerprint density at radius 1 is 1.26 bits per heavy atom. The number of carbonyl (C=O) groups excluding carboxylic acids is 1. The Balaban J connectivity index is 2.00. The van der Waals surface area contributed by atoms with Gasteiger partial charge in [0.15, 0.2) is 5.58 Å². The number of carbonyl (C=O) groups is 1. The lowest BCUT2D eigenvalue weighted by Crippen LogP contribution is -2.41. The van der Waals surface area contributed by atoms with E-state index < -0.39 is 12.1 Å². The number of anilines is 1. The maximum absolute atomic E-state index is 12.8. The van der Waals surface area contributed by atoms with Crippen molar-refractivity contribution < 1.29 is 27.1 Å². The van der Waals surface area contributed by atoms with Crippen LogP contribution in [0, 0.1) is 0 Å². The number of halogens is 4. The molecular weight excluding hydrogens is 429 g/mol. The van der Waals surface area contributed by atoms with Crippen LogP contribution in [-0.4, -0.2) is 30.7 Å². The van der Waals surface area contributed by atoms with Gasteiger partial charge in [0, 0.05) is 17.8 Å². The minimum atomic E-state index is -4.95. The van der Waals surface area contributed by atoms with E-state index in [1.165, 1.54) is 25.1 Å². The molecule has 0 N–H and O–H groups in total. The maximum atomic E-state index is 12.8. The highest BCUT2D eigenvalue weighted by Gasteiger charge is 2.42. The molecule has 142 valence electrons. The molecule has 9 heteroatoms. The van der Waals surface area contributed by atoms with Gasteiger partial charge in [0.25, 0.3) is 0 Å². The molecule has 0 fully saturated rings. The van der Waals surface area contributed by atoms with E-state index >= 15 is 0 Å². The number of rotatable bonds is 4. The fraction of sp³-hybridized carbons (Fsp3) is 0.222. The van der Waals surface area contributed by atoms with Gasteiger partial charge in [0.1, 0.15) is 11.3 Å². The second-order valence-corrected chi connectivity index (χ2v) is 6.42. The molecule has 5 nitrogen and oxygen atoms in total. The number of fused-ring (bicyclic) bond motifs is 1. The summed E-state index contributed by atoms with van der Waals surface area (Å²) in [5.41, 5.74) is 1.52. The van der Waals surface area contributed by atoms with Crippen LogP contribution < -0.4 is 9.64 Å². The van der Waals surface area contributed by atoms with Crippen LogP contribution in [0.2, 0.25) is 0 Å². The molecule has 0 unspecified atom stereocenters. The predicted molar refractivity (Wildman–Crippen MR) is 97.8 cm³/mol. The maximum Gasteiger partial charge on any atom is 0.471 e. The molecule has 0 atom stereocenters. The Morgan fingerprint density at radius 2 is 2.00 bits per heavy atom. The zero-order valence-corrected chi connectivity index (χ0v) is 15.9. The quantitative estimate of drug-likeness (QED) is 0.558. The van der Waals surface area contributed by atoms with Crippen LogP contribution in [0.25, 0.3) is 22.6 Å². The molecule has 0 aliphatic heterocycles. The standard InChI is InChI=1S/C18H14BrF3N2O3/c1-3-24(17(25)18(20,21)22)11-5-7-15-13(9-11)23-16(27-15)10-4-6-14(26-2)12(19)8-10/h4-9H,3H2,1-2H3. The normalized spacial score (nSPS) is 11.6. The number of aromatic nitrogens is 1. The van der Waals surface area contributed by atoms with E-state index in [-0.39, 0.29) is 12.2 Å². The highest BCUT2D eigenvalue weighted by atomic mass is 79.9. The number of methoxy groups -OCH3 is 1. The average Bonchev–Trinajstić information content (AvgIpc) is 3.05. The van der Waals surface area contributed by atoms with Gasteiger partial charge in [-0.3, -0.25) is 4.79 Å². The van der Waals surface area contributed by atoms with E-state index in [4.69, 9.17) is 9.15 Å². The van der Waals surface area contributed by atoms with E-state index in [0.29, 0.717) is 37.7 Å². The smallest absolute Gasteiger partial charge is 0.471 e. The van der Waals surface area contributed by atoms with Crippen LogP contribution in [0.15, 0.2) is 45.3 Å². The Bertz CT molecular complexity index is 1000. The molecule has 0 bridgehead atoms. The lowest BCUT2D eigenvalue weighted by molar-refractivity contribution is -0.170. The van der Waals surface area contributed by atoms with E-state index in [2.05, 4.69) is 20.9 Å². The van der Waals surface area contributed by atoms with Gasteiger partial charge >= 0.3 is 12.1 Å². The van der Waals surface area contributed by atoms with Gasteiger partial charge in [-0.05, 0) is 59.3 Å². The second-order valence-electron chi connectivity index (χ2n) is 5.57. The average molecular weight is 443 g/mol. The molecule has 0 radical (unpaired) electrons. The fourth-order valence-corrected chi connectivity index (χ4v) is 3.14. The van der Waals surface area contributed by atoms with Crippen molar-refractivity contribution in [3.05, 3.63) is 40.9 Å². The summed E-state index contributed by atoms with van der Waals surface area (Å²) >= 11 is 3.38. The summed E-state index contributed by atoms with van der Waals surface area (Å²) in [6.45, 7) is 1.34. The summed E-state index contributed by atoms with van der Waals surface area (Å²) in [4.78, 5) is 16.6. The van der Waals surface area contributed by atoms with Gasteiger partial charge in [-0.1, -0.05) is 0 Å². The predicted octanol–water partition coefficient (Wildman–Crippen LogP) is 5.18. The molecule has 0 aliphatic carbocycles. The number of ether oxygens (including phenoxy) is 1. The number of amides is 1. The zero-order chi connectivity index (χ0) is 19.8. The minimum Gasteiger partial charge on any atom is -0.496 e. The third-order valence-corrected chi connectivity index (χ3v) is 4.51. The first-order valence-corrected chi connectivity index (χ1v) is 8.67. The molecule has 3 rings (SSSR count). The lowest BCUT2D eigenvalue weighted by Gasteiger charge is -2.21. The van der Waals surface area contributed by atoms with Crippen molar-refractivity contribution in [2.24, 2.45) is 0 Å². The molecule has 27 heavy (non-hydrogen) atoms. The van der Waals surface area contributed by atoms with Crippen LogP contribution in [0.4, 0.5) is 18.9 Å². The molecular formula is C18H14BrF3N2O3. The minimum absolute atomic E-state index is 0.100. The summed E-state index contributed by atoms with van der Waals surface area (Å²) in [6, 6.07) is 9.53. The second kappa shape index (κ2) is 7.22. The number of hydrogen-bond acceptors (Lipinski definition) is 4. The fourth-order valence-electron chi connectivity index (χ4n) is 2.60. The summed E-state index contributed by atoms with van der Waals surface area (Å²) in [5.74, 6) is -0.982. The molecule has 1 aromatic heterocycles. The van der Waals surface area contributed by atoms with E-state index in [1.807, 2.05) is 0 Å². The SMILES string of the molecule is CCN(C(=O)C(F)(F)F)c1ccc2oc(-c3ccc(OC)c(Br)c3)nc2c1. The van der Waals surface area contributed by atoms with E-state index in [1.54, 1.807) is 25.3 Å². The Labute approximate surface area is 160 Å². The number of oxazole rings is 1. The molecule has 1 heterocycles. The summed E-state index contributed by atoms with van der Waals surface area (Å²) < 4.78 is 49.9. The number of benzene rings is 2. The van der Waals surface area contributed by atoms with Crippen molar-refractivity contribution in [2.45, 2.75) is 13.1 Å². The largest absolute Gasteiger partial charge is 0.496 e. The number of hydrogen-bond donors (Lipinski definition) is 0. The highest BCUT2D eigenvalue weighted by molar-refractivity contribution is 9.10. The van der Waals surface area contributed by atoms with Crippen molar-refractivity contribution in [1.82, 2.24) is 4.98 Å². The van der Waals surface area contributed by atoms with Crippen molar-refractivity contribution >= 4 is 38.6 Å². The molecule has 0 spiro atoms. The Morgan fingerprint density at radius 3 is 2.59 bits per heavy atom. The number of alkyl halides is 3. The van der Waals surface area contributed by atoms with Crippen molar-refractivity contribution in [3.8, 4) is 17.2 Å². The molecule has 0 saturated carbocycles. The van der Waals surface area contributed by atoms with Crippen LogP contribution in [0.5, 0.6) is 5.75 Å². The molecule has 0 aliphatic rings. The summed E-state index contributed by atoms with van der Waals surface area (Å²) in [7, 11) is 1.54. The highest BCUT2D eigenvalue weighted by Crippen LogP contribution is 2.33. The van der Waals surface area contributed by atoms with Crippen LogP contribution in [0.3, 0.4) is 0 Å². The van der Waals surface area contributed by atoms with Gasteiger partial charge in [-0.25, -0.2) is 4.98 Å². The topological polar surface area (TPSA) is 55.6 Å².